The van der Waals surface area contributed by atoms with Gasteiger partial charge in [0.25, 0.3) is 15.9 Å². The highest BCUT2D eigenvalue weighted by Crippen LogP contribution is 2.30. The van der Waals surface area contributed by atoms with E-state index >= 15 is 0 Å². The van der Waals surface area contributed by atoms with Crippen molar-refractivity contribution in [1.82, 2.24) is 14.5 Å². The van der Waals surface area contributed by atoms with Gasteiger partial charge in [-0.05, 0) is 30.0 Å². The zero-order valence-corrected chi connectivity index (χ0v) is 20.5. The number of carbonyl (C=O) groups is 3. The molecule has 1 N–H and O–H groups in total. The van der Waals surface area contributed by atoms with Crippen molar-refractivity contribution in [3.8, 4) is 0 Å². The maximum absolute atomic E-state index is 13.4. The zero-order chi connectivity index (χ0) is 24.9. The molecule has 0 saturated carbocycles. The van der Waals surface area contributed by atoms with Crippen molar-refractivity contribution in [3.63, 3.8) is 0 Å². The molecule has 1 atom stereocenters. The van der Waals surface area contributed by atoms with Gasteiger partial charge in [-0.1, -0.05) is 63.2 Å². The number of hydrogen-bond donors (Lipinski definition) is 1. The Hall–Kier alpha value is -3.20. The van der Waals surface area contributed by atoms with E-state index in [4.69, 9.17) is 0 Å². The molecule has 1 aliphatic rings. The highest BCUT2D eigenvalue weighted by molar-refractivity contribution is 7.90. The summed E-state index contributed by atoms with van der Waals surface area (Å²) in [7, 11) is -4.00. The molecular formula is C25H31N3O5S. The Morgan fingerprint density at radius 1 is 1.03 bits per heavy atom. The molecule has 0 fully saturated rings. The summed E-state index contributed by atoms with van der Waals surface area (Å²) in [6, 6.07) is 14.6. The molecule has 0 aliphatic carbocycles. The maximum Gasteiger partial charge on any atom is 0.269 e. The van der Waals surface area contributed by atoms with Crippen molar-refractivity contribution < 1.29 is 22.8 Å². The Kier molecular flexibility index (Phi) is 8.09. The molecule has 9 heteroatoms. The Morgan fingerprint density at radius 2 is 1.68 bits per heavy atom. The lowest BCUT2D eigenvalue weighted by atomic mass is 10.1. The molecule has 8 nitrogen and oxygen atoms in total. The summed E-state index contributed by atoms with van der Waals surface area (Å²) < 4.78 is 26.4. The number of fused-ring (bicyclic) bond motifs is 1. The fraction of sp³-hybridized carbons (Fsp3) is 0.400. The van der Waals surface area contributed by atoms with Crippen LogP contribution >= 0.6 is 0 Å². The molecule has 3 amide bonds. The number of carbonyl (C=O) groups excluding carboxylic acids is 3. The van der Waals surface area contributed by atoms with Crippen LogP contribution in [0.2, 0.25) is 0 Å². The summed E-state index contributed by atoms with van der Waals surface area (Å²) in [5.41, 5.74) is 0.957. The van der Waals surface area contributed by atoms with E-state index < -0.39 is 27.9 Å². The Balaban J connectivity index is 1.80. The lowest BCUT2D eigenvalue weighted by Gasteiger charge is -2.31. The third-order valence-corrected chi connectivity index (χ3v) is 7.55. The first-order valence-electron chi connectivity index (χ1n) is 11.4. The molecule has 0 saturated heterocycles. The van der Waals surface area contributed by atoms with Crippen LogP contribution in [0.25, 0.3) is 0 Å². The van der Waals surface area contributed by atoms with Gasteiger partial charge in [0.15, 0.2) is 0 Å². The van der Waals surface area contributed by atoms with Crippen LogP contribution in [0.5, 0.6) is 0 Å². The minimum absolute atomic E-state index is 0.0481. The summed E-state index contributed by atoms with van der Waals surface area (Å²) in [4.78, 5) is 40.4. The van der Waals surface area contributed by atoms with E-state index in [9.17, 15) is 22.8 Å². The maximum atomic E-state index is 13.4. The van der Waals surface area contributed by atoms with Gasteiger partial charge in [-0.3, -0.25) is 14.4 Å². The van der Waals surface area contributed by atoms with E-state index in [2.05, 4.69) is 5.32 Å². The molecule has 34 heavy (non-hydrogen) atoms. The van der Waals surface area contributed by atoms with Gasteiger partial charge < -0.3 is 10.2 Å². The van der Waals surface area contributed by atoms with Crippen molar-refractivity contribution in [3.05, 3.63) is 65.7 Å². The number of nitrogens with zero attached hydrogens (tertiary/aromatic N) is 2. The van der Waals surface area contributed by atoms with Gasteiger partial charge in [0, 0.05) is 26.1 Å². The third kappa shape index (κ3) is 5.47. The van der Waals surface area contributed by atoms with Crippen molar-refractivity contribution >= 4 is 27.7 Å². The largest absolute Gasteiger partial charge is 0.354 e. The molecule has 1 heterocycles. The number of benzene rings is 2. The first-order chi connectivity index (χ1) is 16.2. The van der Waals surface area contributed by atoms with Crippen LogP contribution in [0.3, 0.4) is 0 Å². The van der Waals surface area contributed by atoms with Crippen molar-refractivity contribution in [1.29, 1.82) is 0 Å². The van der Waals surface area contributed by atoms with E-state index in [1.165, 1.54) is 17.0 Å². The molecule has 182 valence electrons. The van der Waals surface area contributed by atoms with Crippen molar-refractivity contribution in [2.75, 3.05) is 13.1 Å². The summed E-state index contributed by atoms with van der Waals surface area (Å²) in [6.07, 6.45) is 0.175. The molecule has 1 unspecified atom stereocenters. The van der Waals surface area contributed by atoms with Gasteiger partial charge in [-0.25, -0.2) is 12.7 Å². The normalized spacial score (nSPS) is 15.2. The fourth-order valence-corrected chi connectivity index (χ4v) is 5.48. The molecule has 0 radical (unpaired) electrons. The number of hydrogen-bond acceptors (Lipinski definition) is 5. The predicted molar refractivity (Wildman–Crippen MR) is 128 cm³/mol. The molecule has 3 rings (SSSR count). The summed E-state index contributed by atoms with van der Waals surface area (Å²) in [5.74, 6) is -1.03. The van der Waals surface area contributed by atoms with E-state index in [-0.39, 0.29) is 41.8 Å². The van der Waals surface area contributed by atoms with Gasteiger partial charge in [0.1, 0.15) is 10.9 Å². The second-order valence-corrected chi connectivity index (χ2v) is 10.5. The van der Waals surface area contributed by atoms with Gasteiger partial charge >= 0.3 is 0 Å². The van der Waals surface area contributed by atoms with Gasteiger partial charge in [0.2, 0.25) is 11.8 Å². The van der Waals surface area contributed by atoms with Crippen molar-refractivity contribution in [2.24, 2.45) is 5.92 Å². The standard InChI is InChI=1S/C25H31N3O5S/c1-4-21(24(30)26-16-18(2)3)27(17-19-10-6-5-7-11-19)23(29)14-15-28-25(31)20-12-8-9-13-22(20)34(28,32)33/h5-13,18,21H,4,14-17H2,1-3H3,(H,26,30). The van der Waals surface area contributed by atoms with Gasteiger partial charge in [-0.15, -0.1) is 0 Å². The average molecular weight is 486 g/mol. The first kappa shape index (κ1) is 25.4. The first-order valence-corrected chi connectivity index (χ1v) is 12.9. The van der Waals surface area contributed by atoms with Crippen LogP contribution < -0.4 is 5.32 Å². The van der Waals surface area contributed by atoms with E-state index in [1.54, 1.807) is 12.1 Å². The van der Waals surface area contributed by atoms with Crippen LogP contribution in [-0.4, -0.2) is 54.5 Å². The van der Waals surface area contributed by atoms with Crippen LogP contribution in [0.4, 0.5) is 0 Å². The number of amides is 3. The van der Waals surface area contributed by atoms with E-state index in [1.807, 2.05) is 51.1 Å². The van der Waals surface area contributed by atoms with Crippen molar-refractivity contribution in [2.45, 2.75) is 51.1 Å². The third-order valence-electron chi connectivity index (χ3n) is 5.71. The monoisotopic (exact) mass is 485 g/mol. The predicted octanol–water partition coefficient (Wildman–Crippen LogP) is 2.80. The summed E-state index contributed by atoms with van der Waals surface area (Å²) in [6.45, 7) is 6.20. The van der Waals surface area contributed by atoms with E-state index in [0.29, 0.717) is 13.0 Å². The topological polar surface area (TPSA) is 104 Å². The van der Waals surface area contributed by atoms with Crippen LogP contribution in [0.1, 0.15) is 49.5 Å². The average Bonchev–Trinajstić information content (AvgIpc) is 3.01. The Bertz CT molecular complexity index is 1150. The minimum atomic E-state index is -4.00. The van der Waals surface area contributed by atoms with Gasteiger partial charge in [-0.2, -0.15) is 0 Å². The Labute approximate surface area is 201 Å². The lowest BCUT2D eigenvalue weighted by Crippen LogP contribution is -2.50. The van der Waals surface area contributed by atoms with E-state index in [0.717, 1.165) is 9.87 Å². The van der Waals surface area contributed by atoms with Crippen LogP contribution in [-0.2, 0) is 26.2 Å². The molecule has 2 aromatic rings. The smallest absolute Gasteiger partial charge is 0.269 e. The highest BCUT2D eigenvalue weighted by Gasteiger charge is 2.41. The summed E-state index contributed by atoms with van der Waals surface area (Å²) in [5, 5.41) is 2.89. The number of sulfonamides is 1. The zero-order valence-electron chi connectivity index (χ0n) is 19.7. The second kappa shape index (κ2) is 10.8. The molecular weight excluding hydrogens is 454 g/mol. The fourth-order valence-electron chi connectivity index (χ4n) is 3.92. The molecule has 0 spiro atoms. The lowest BCUT2D eigenvalue weighted by molar-refractivity contribution is -0.141. The SMILES string of the molecule is CCC(C(=O)NCC(C)C)N(Cc1ccccc1)C(=O)CCN1C(=O)c2ccccc2S1(=O)=O. The molecule has 2 aromatic carbocycles. The molecule has 1 aliphatic heterocycles. The highest BCUT2D eigenvalue weighted by atomic mass is 32.2. The summed E-state index contributed by atoms with van der Waals surface area (Å²) >= 11 is 0. The van der Waals surface area contributed by atoms with Crippen LogP contribution in [0, 0.1) is 5.92 Å². The quantitative estimate of drug-likeness (QED) is 0.557. The minimum Gasteiger partial charge on any atom is -0.354 e. The number of nitrogens with one attached hydrogen (secondary N) is 1. The second-order valence-electron chi connectivity index (χ2n) is 8.70. The Morgan fingerprint density at radius 3 is 2.29 bits per heavy atom. The van der Waals surface area contributed by atoms with Gasteiger partial charge in [0.05, 0.1) is 5.56 Å². The molecule has 0 aromatic heterocycles. The number of rotatable bonds is 10. The van der Waals surface area contributed by atoms with Crippen LogP contribution in [0.15, 0.2) is 59.5 Å². The molecule has 0 bridgehead atoms.